The first-order chi connectivity index (χ1) is 14.4. The lowest BCUT2D eigenvalue weighted by atomic mass is 10.0. The van der Waals surface area contributed by atoms with Crippen molar-refractivity contribution in [2.24, 2.45) is 0 Å². The third-order valence-electron chi connectivity index (χ3n) is 4.70. The second-order valence-electron chi connectivity index (χ2n) is 7.02. The van der Waals surface area contributed by atoms with Gasteiger partial charge in [-0.15, -0.1) is 0 Å². The van der Waals surface area contributed by atoms with Crippen LogP contribution in [0.1, 0.15) is 29.3 Å². The van der Waals surface area contributed by atoms with Gasteiger partial charge in [0.2, 0.25) is 0 Å². The maximum Gasteiger partial charge on any atom is 0.302 e. The standard InChI is InChI=1S/C22H24FNO5S/c1-14(25)28-12-19-20(30-13-15-7-9-17(23)10-8-15)11-18(26)22(29-19)24-21(27)16-5-3-2-4-6-16/h2-10,18-20,22,26H,11-13H2,1H3,(H,24,27)/t18?,19-,20?,22-/m1/s1. The molecule has 2 N–H and O–H groups in total. The number of aliphatic hydroxyl groups is 1. The number of ether oxygens (including phenoxy) is 2. The minimum Gasteiger partial charge on any atom is -0.463 e. The summed E-state index contributed by atoms with van der Waals surface area (Å²) in [5, 5.41) is 13.1. The molecule has 30 heavy (non-hydrogen) atoms. The molecule has 6 nitrogen and oxygen atoms in total. The first-order valence-corrected chi connectivity index (χ1v) is 10.7. The third kappa shape index (κ3) is 6.29. The zero-order valence-electron chi connectivity index (χ0n) is 16.5. The molecular formula is C22H24FNO5S. The number of aliphatic hydroxyl groups excluding tert-OH is 1. The summed E-state index contributed by atoms with van der Waals surface area (Å²) >= 11 is 1.53. The Labute approximate surface area is 178 Å². The number of esters is 1. The van der Waals surface area contributed by atoms with Crippen LogP contribution in [0.5, 0.6) is 0 Å². The summed E-state index contributed by atoms with van der Waals surface area (Å²) in [7, 11) is 0. The fraction of sp³-hybridized carbons (Fsp3) is 0.364. The summed E-state index contributed by atoms with van der Waals surface area (Å²) < 4.78 is 24.2. The van der Waals surface area contributed by atoms with E-state index < -0.39 is 24.4 Å². The summed E-state index contributed by atoms with van der Waals surface area (Å²) in [5.41, 5.74) is 1.39. The number of amides is 1. The van der Waals surface area contributed by atoms with Crippen molar-refractivity contribution in [3.8, 4) is 0 Å². The van der Waals surface area contributed by atoms with Crippen molar-refractivity contribution in [1.29, 1.82) is 0 Å². The number of rotatable bonds is 7. The zero-order valence-corrected chi connectivity index (χ0v) is 17.3. The van der Waals surface area contributed by atoms with E-state index in [2.05, 4.69) is 5.32 Å². The van der Waals surface area contributed by atoms with Gasteiger partial charge < -0.3 is 19.9 Å². The molecule has 4 atom stereocenters. The highest BCUT2D eigenvalue weighted by molar-refractivity contribution is 7.99. The normalized spacial score (nSPS) is 23.6. The fourth-order valence-corrected chi connectivity index (χ4v) is 4.41. The molecule has 2 aromatic carbocycles. The number of hydrogen-bond donors (Lipinski definition) is 2. The summed E-state index contributed by atoms with van der Waals surface area (Å²) in [6.07, 6.45) is -2.00. The van der Waals surface area contributed by atoms with Gasteiger partial charge in [0.05, 0.1) is 6.10 Å². The van der Waals surface area contributed by atoms with E-state index in [4.69, 9.17) is 9.47 Å². The summed E-state index contributed by atoms with van der Waals surface area (Å²) in [6.45, 7) is 1.33. The first-order valence-electron chi connectivity index (χ1n) is 9.61. The highest BCUT2D eigenvalue weighted by Crippen LogP contribution is 2.31. The van der Waals surface area contributed by atoms with Crippen LogP contribution in [0.15, 0.2) is 54.6 Å². The molecule has 8 heteroatoms. The molecule has 0 saturated carbocycles. The third-order valence-corrected chi connectivity index (χ3v) is 6.12. The van der Waals surface area contributed by atoms with Crippen molar-refractivity contribution in [2.45, 2.75) is 42.8 Å². The van der Waals surface area contributed by atoms with Crippen LogP contribution >= 0.6 is 11.8 Å². The van der Waals surface area contributed by atoms with E-state index in [1.165, 1.54) is 30.8 Å². The Morgan fingerprint density at radius 1 is 1.20 bits per heavy atom. The predicted octanol–water partition coefficient (Wildman–Crippen LogP) is 2.90. The zero-order chi connectivity index (χ0) is 21.5. The number of thioether (sulfide) groups is 1. The van der Waals surface area contributed by atoms with Crippen LogP contribution in [-0.2, 0) is 20.0 Å². The Balaban J connectivity index is 1.64. The van der Waals surface area contributed by atoms with Crippen molar-refractivity contribution in [1.82, 2.24) is 5.32 Å². The minimum atomic E-state index is -0.919. The number of hydrogen-bond acceptors (Lipinski definition) is 6. The van der Waals surface area contributed by atoms with Crippen LogP contribution in [0.4, 0.5) is 4.39 Å². The van der Waals surface area contributed by atoms with Gasteiger partial charge in [0.15, 0.2) is 6.23 Å². The Morgan fingerprint density at radius 3 is 2.57 bits per heavy atom. The molecule has 0 aliphatic carbocycles. The van der Waals surface area contributed by atoms with E-state index in [0.29, 0.717) is 17.7 Å². The van der Waals surface area contributed by atoms with Gasteiger partial charge in [-0.2, -0.15) is 11.8 Å². The Kier molecular flexibility index (Phi) is 7.84. The lowest BCUT2D eigenvalue weighted by Crippen LogP contribution is -2.55. The SMILES string of the molecule is CC(=O)OC[C@H]1O[C@@H](NC(=O)c2ccccc2)C(O)CC1SCc1ccc(F)cc1. The number of carbonyl (C=O) groups excluding carboxylic acids is 2. The maximum atomic E-state index is 13.1. The Hall–Kier alpha value is -2.42. The van der Waals surface area contributed by atoms with Crippen molar-refractivity contribution in [3.05, 3.63) is 71.5 Å². The van der Waals surface area contributed by atoms with E-state index in [0.717, 1.165) is 5.56 Å². The summed E-state index contributed by atoms with van der Waals surface area (Å²) in [6, 6.07) is 14.8. The molecule has 0 aromatic heterocycles. The molecule has 1 fully saturated rings. The Bertz CT molecular complexity index is 848. The molecule has 0 spiro atoms. The second-order valence-corrected chi connectivity index (χ2v) is 8.24. The van der Waals surface area contributed by atoms with E-state index >= 15 is 0 Å². The molecule has 2 unspecified atom stereocenters. The van der Waals surface area contributed by atoms with Crippen LogP contribution < -0.4 is 5.32 Å². The number of benzene rings is 2. The van der Waals surface area contributed by atoms with Crippen molar-refractivity contribution in [2.75, 3.05) is 6.61 Å². The average Bonchev–Trinajstić information content (AvgIpc) is 2.74. The smallest absolute Gasteiger partial charge is 0.302 e. The van der Waals surface area contributed by atoms with E-state index in [-0.39, 0.29) is 23.6 Å². The van der Waals surface area contributed by atoms with Crippen LogP contribution in [0.25, 0.3) is 0 Å². The monoisotopic (exact) mass is 433 g/mol. The number of nitrogens with one attached hydrogen (secondary N) is 1. The van der Waals surface area contributed by atoms with Crippen molar-refractivity contribution >= 4 is 23.6 Å². The highest BCUT2D eigenvalue weighted by atomic mass is 32.2. The molecule has 1 heterocycles. The lowest BCUT2D eigenvalue weighted by molar-refractivity contribution is -0.160. The molecule has 1 aliphatic heterocycles. The number of carbonyl (C=O) groups is 2. The van der Waals surface area contributed by atoms with E-state index in [1.54, 1.807) is 42.5 Å². The van der Waals surface area contributed by atoms with Crippen molar-refractivity contribution < 1.29 is 28.6 Å². The van der Waals surface area contributed by atoms with Gasteiger partial charge >= 0.3 is 5.97 Å². The molecule has 1 saturated heterocycles. The van der Waals surface area contributed by atoms with Gasteiger partial charge in [-0.25, -0.2) is 4.39 Å². The van der Waals surface area contributed by atoms with Gasteiger partial charge in [-0.05, 0) is 36.2 Å². The van der Waals surface area contributed by atoms with Crippen LogP contribution in [0.3, 0.4) is 0 Å². The molecule has 1 aliphatic rings. The van der Waals surface area contributed by atoms with Crippen LogP contribution in [0.2, 0.25) is 0 Å². The Morgan fingerprint density at radius 2 is 1.90 bits per heavy atom. The molecule has 1 amide bonds. The lowest BCUT2D eigenvalue weighted by Gasteiger charge is -2.39. The fourth-order valence-electron chi connectivity index (χ4n) is 3.12. The van der Waals surface area contributed by atoms with Crippen molar-refractivity contribution in [3.63, 3.8) is 0 Å². The molecule has 2 aromatic rings. The molecule has 0 radical (unpaired) electrons. The average molecular weight is 434 g/mol. The van der Waals surface area contributed by atoms with Gasteiger partial charge in [-0.1, -0.05) is 30.3 Å². The van der Waals surface area contributed by atoms with E-state index in [9.17, 15) is 19.1 Å². The maximum absolute atomic E-state index is 13.1. The highest BCUT2D eigenvalue weighted by Gasteiger charge is 2.39. The topological polar surface area (TPSA) is 84.9 Å². The first kappa shape index (κ1) is 22.3. The minimum absolute atomic E-state index is 0.0147. The van der Waals surface area contributed by atoms with Gasteiger partial charge in [0.1, 0.15) is 18.5 Å². The molecule has 3 rings (SSSR count). The van der Waals surface area contributed by atoms with Gasteiger partial charge in [0, 0.05) is 23.5 Å². The molecule has 160 valence electrons. The van der Waals surface area contributed by atoms with Crippen LogP contribution in [0, 0.1) is 5.82 Å². The van der Waals surface area contributed by atoms with Crippen LogP contribution in [-0.4, -0.2) is 47.3 Å². The van der Waals surface area contributed by atoms with Gasteiger partial charge in [-0.3, -0.25) is 9.59 Å². The number of halogens is 1. The second kappa shape index (κ2) is 10.6. The summed E-state index contributed by atoms with van der Waals surface area (Å²) in [4.78, 5) is 23.7. The quantitative estimate of drug-likeness (QED) is 0.654. The molecule has 0 bridgehead atoms. The van der Waals surface area contributed by atoms with E-state index in [1.807, 2.05) is 0 Å². The molecular weight excluding hydrogens is 409 g/mol. The summed E-state index contributed by atoms with van der Waals surface area (Å²) in [5.74, 6) is -0.511. The predicted molar refractivity (Wildman–Crippen MR) is 111 cm³/mol. The van der Waals surface area contributed by atoms with Gasteiger partial charge in [0.25, 0.3) is 5.91 Å². The largest absolute Gasteiger partial charge is 0.463 e.